The molecule has 2 unspecified atom stereocenters. The van der Waals surface area contributed by atoms with Gasteiger partial charge in [-0.2, -0.15) is 0 Å². The van der Waals surface area contributed by atoms with E-state index in [1.807, 2.05) is 0 Å². The van der Waals surface area contributed by atoms with Gasteiger partial charge >= 0.3 is 0 Å². The SMILES string of the molecule is COc1ccc(C(=O)NC2CCCC2CO)c(N)c1. The van der Waals surface area contributed by atoms with Gasteiger partial charge in [0.05, 0.1) is 12.7 Å². The summed E-state index contributed by atoms with van der Waals surface area (Å²) in [7, 11) is 1.55. The normalized spacial score (nSPS) is 22.2. The van der Waals surface area contributed by atoms with Gasteiger partial charge < -0.3 is 20.9 Å². The maximum absolute atomic E-state index is 12.2. The first-order valence-electron chi connectivity index (χ1n) is 6.51. The number of hydrogen-bond donors (Lipinski definition) is 3. The van der Waals surface area contributed by atoms with Gasteiger partial charge in [0.1, 0.15) is 5.75 Å². The minimum absolute atomic E-state index is 0.0407. The number of anilines is 1. The molecule has 0 saturated heterocycles. The second-order valence-corrected chi connectivity index (χ2v) is 4.91. The predicted octanol–water partition coefficient (Wildman–Crippen LogP) is 1.17. The third-order valence-electron chi connectivity index (χ3n) is 3.71. The van der Waals surface area contributed by atoms with E-state index in [1.165, 1.54) is 0 Å². The summed E-state index contributed by atoms with van der Waals surface area (Å²) in [6.07, 6.45) is 2.90. The average Bonchev–Trinajstić information content (AvgIpc) is 2.85. The van der Waals surface area contributed by atoms with Gasteiger partial charge in [0.2, 0.25) is 0 Å². The maximum atomic E-state index is 12.2. The summed E-state index contributed by atoms with van der Waals surface area (Å²) >= 11 is 0. The highest BCUT2D eigenvalue weighted by atomic mass is 16.5. The average molecular weight is 264 g/mol. The minimum atomic E-state index is -0.189. The smallest absolute Gasteiger partial charge is 0.253 e. The number of amides is 1. The molecule has 1 aliphatic carbocycles. The van der Waals surface area contributed by atoms with E-state index in [9.17, 15) is 9.90 Å². The molecule has 1 aliphatic rings. The molecule has 104 valence electrons. The van der Waals surface area contributed by atoms with E-state index in [2.05, 4.69) is 5.32 Å². The van der Waals surface area contributed by atoms with Crippen LogP contribution in [0.4, 0.5) is 5.69 Å². The van der Waals surface area contributed by atoms with Crippen molar-refractivity contribution in [2.24, 2.45) is 5.92 Å². The Balaban J connectivity index is 2.07. The molecule has 5 nitrogen and oxygen atoms in total. The number of hydrogen-bond acceptors (Lipinski definition) is 4. The maximum Gasteiger partial charge on any atom is 0.253 e. The summed E-state index contributed by atoms with van der Waals surface area (Å²) in [5.74, 6) is 0.595. The lowest BCUT2D eigenvalue weighted by molar-refractivity contribution is 0.0917. The zero-order valence-electron chi connectivity index (χ0n) is 11.1. The first-order valence-corrected chi connectivity index (χ1v) is 6.51. The number of ether oxygens (including phenoxy) is 1. The Morgan fingerprint density at radius 1 is 1.53 bits per heavy atom. The van der Waals surface area contributed by atoms with Crippen molar-refractivity contribution in [2.45, 2.75) is 25.3 Å². The van der Waals surface area contributed by atoms with Crippen molar-refractivity contribution in [2.75, 3.05) is 19.5 Å². The Labute approximate surface area is 112 Å². The number of rotatable bonds is 4. The van der Waals surface area contributed by atoms with Gasteiger partial charge in [0.15, 0.2) is 0 Å². The summed E-state index contributed by atoms with van der Waals surface area (Å²) in [5.41, 5.74) is 6.70. The third kappa shape index (κ3) is 2.98. The topological polar surface area (TPSA) is 84.6 Å². The molecular formula is C14H20N2O3. The molecule has 0 spiro atoms. The fraction of sp³-hybridized carbons (Fsp3) is 0.500. The van der Waals surface area contributed by atoms with Crippen LogP contribution in [0.25, 0.3) is 0 Å². The molecule has 1 fully saturated rings. The molecule has 5 heteroatoms. The number of aliphatic hydroxyl groups excluding tert-OH is 1. The Morgan fingerprint density at radius 3 is 2.95 bits per heavy atom. The van der Waals surface area contributed by atoms with Crippen LogP contribution in [0.1, 0.15) is 29.6 Å². The lowest BCUT2D eigenvalue weighted by Crippen LogP contribution is -2.38. The van der Waals surface area contributed by atoms with Crippen molar-refractivity contribution >= 4 is 11.6 Å². The molecule has 1 amide bonds. The number of aliphatic hydroxyl groups is 1. The molecule has 2 atom stereocenters. The number of methoxy groups -OCH3 is 1. The minimum Gasteiger partial charge on any atom is -0.497 e. The Hall–Kier alpha value is -1.75. The number of nitrogens with two attached hydrogens (primary N) is 1. The standard InChI is InChI=1S/C14H20N2O3/c1-19-10-5-6-11(12(15)7-10)14(18)16-13-4-2-3-9(13)8-17/h5-7,9,13,17H,2-4,8,15H2,1H3,(H,16,18). The highest BCUT2D eigenvalue weighted by molar-refractivity contribution is 5.99. The van der Waals surface area contributed by atoms with Crippen LogP contribution in [-0.4, -0.2) is 30.8 Å². The fourth-order valence-corrected chi connectivity index (χ4v) is 2.57. The molecule has 2 rings (SSSR count). The van der Waals surface area contributed by atoms with Crippen LogP contribution >= 0.6 is 0 Å². The van der Waals surface area contributed by atoms with Crippen LogP contribution < -0.4 is 15.8 Å². The Kier molecular flexibility index (Phi) is 4.27. The van der Waals surface area contributed by atoms with Crippen LogP contribution in [-0.2, 0) is 0 Å². The predicted molar refractivity (Wildman–Crippen MR) is 73.1 cm³/mol. The van der Waals surface area contributed by atoms with Crippen LogP contribution in [0.15, 0.2) is 18.2 Å². The van der Waals surface area contributed by atoms with Crippen LogP contribution in [0, 0.1) is 5.92 Å². The second kappa shape index (κ2) is 5.93. The van der Waals surface area contributed by atoms with Crippen molar-refractivity contribution in [1.82, 2.24) is 5.32 Å². The first kappa shape index (κ1) is 13.7. The lowest BCUT2D eigenvalue weighted by Gasteiger charge is -2.19. The molecule has 1 saturated carbocycles. The van der Waals surface area contributed by atoms with E-state index < -0.39 is 0 Å². The zero-order chi connectivity index (χ0) is 13.8. The van der Waals surface area contributed by atoms with E-state index in [4.69, 9.17) is 10.5 Å². The van der Waals surface area contributed by atoms with Gasteiger partial charge in [-0.25, -0.2) is 0 Å². The lowest BCUT2D eigenvalue weighted by atomic mass is 10.0. The van der Waals surface area contributed by atoms with Gasteiger partial charge in [-0.3, -0.25) is 4.79 Å². The monoisotopic (exact) mass is 264 g/mol. The van der Waals surface area contributed by atoms with Crippen LogP contribution in [0.5, 0.6) is 5.75 Å². The van der Waals surface area contributed by atoms with E-state index >= 15 is 0 Å². The number of carbonyl (C=O) groups is 1. The Morgan fingerprint density at radius 2 is 2.32 bits per heavy atom. The van der Waals surface area contributed by atoms with Gasteiger partial charge in [0, 0.05) is 30.3 Å². The molecule has 0 bridgehead atoms. The molecule has 0 radical (unpaired) electrons. The largest absolute Gasteiger partial charge is 0.497 e. The van der Waals surface area contributed by atoms with Crippen LogP contribution in [0.2, 0.25) is 0 Å². The van der Waals surface area contributed by atoms with Crippen molar-refractivity contribution < 1.29 is 14.6 Å². The van der Waals surface area contributed by atoms with E-state index in [0.717, 1.165) is 19.3 Å². The summed E-state index contributed by atoms with van der Waals surface area (Å²) in [6.45, 7) is 0.114. The van der Waals surface area contributed by atoms with Crippen LogP contribution in [0.3, 0.4) is 0 Å². The molecule has 0 heterocycles. The molecule has 1 aromatic carbocycles. The molecular weight excluding hydrogens is 244 g/mol. The summed E-state index contributed by atoms with van der Waals surface area (Å²) < 4.78 is 5.05. The van der Waals surface area contributed by atoms with Crippen molar-refractivity contribution in [3.63, 3.8) is 0 Å². The highest BCUT2D eigenvalue weighted by Crippen LogP contribution is 2.26. The molecule has 0 aromatic heterocycles. The number of benzene rings is 1. The zero-order valence-corrected chi connectivity index (χ0v) is 11.1. The number of nitrogens with one attached hydrogen (secondary N) is 1. The van der Waals surface area contributed by atoms with Gasteiger partial charge in [0.25, 0.3) is 5.91 Å². The van der Waals surface area contributed by atoms with Gasteiger partial charge in [-0.05, 0) is 25.0 Å². The van der Waals surface area contributed by atoms with E-state index in [1.54, 1.807) is 25.3 Å². The number of nitrogen functional groups attached to an aromatic ring is 1. The highest BCUT2D eigenvalue weighted by Gasteiger charge is 2.28. The third-order valence-corrected chi connectivity index (χ3v) is 3.71. The van der Waals surface area contributed by atoms with Crippen molar-refractivity contribution in [3.8, 4) is 5.75 Å². The summed E-state index contributed by atoms with van der Waals surface area (Å²) in [5, 5.41) is 12.2. The molecule has 4 N–H and O–H groups in total. The second-order valence-electron chi connectivity index (χ2n) is 4.91. The summed E-state index contributed by atoms with van der Waals surface area (Å²) in [6, 6.07) is 5.04. The first-order chi connectivity index (χ1) is 9.15. The molecule has 19 heavy (non-hydrogen) atoms. The van der Waals surface area contributed by atoms with Gasteiger partial charge in [-0.1, -0.05) is 6.42 Å². The fourth-order valence-electron chi connectivity index (χ4n) is 2.57. The van der Waals surface area contributed by atoms with Crippen molar-refractivity contribution in [3.05, 3.63) is 23.8 Å². The van der Waals surface area contributed by atoms with E-state index in [-0.39, 0.29) is 24.5 Å². The molecule has 0 aliphatic heterocycles. The van der Waals surface area contributed by atoms with E-state index in [0.29, 0.717) is 17.0 Å². The van der Waals surface area contributed by atoms with Gasteiger partial charge in [-0.15, -0.1) is 0 Å². The quantitative estimate of drug-likeness (QED) is 0.713. The molecule has 1 aromatic rings. The number of carbonyl (C=O) groups excluding carboxylic acids is 1. The summed E-state index contributed by atoms with van der Waals surface area (Å²) in [4.78, 5) is 12.2. The van der Waals surface area contributed by atoms with Crippen molar-refractivity contribution in [1.29, 1.82) is 0 Å². The Bertz CT molecular complexity index is 462.